The Morgan fingerprint density at radius 1 is 1.40 bits per heavy atom. The molecule has 0 saturated carbocycles. The number of amides is 1. The quantitative estimate of drug-likeness (QED) is 0.929. The zero-order chi connectivity index (χ0) is 17.4. The Morgan fingerprint density at radius 2 is 2.28 bits per heavy atom. The summed E-state index contributed by atoms with van der Waals surface area (Å²) in [5.41, 5.74) is 3.14. The van der Waals surface area contributed by atoms with Crippen molar-refractivity contribution in [2.75, 3.05) is 6.54 Å². The van der Waals surface area contributed by atoms with Gasteiger partial charge in [0.1, 0.15) is 17.4 Å². The Hall–Kier alpha value is -2.37. The Labute approximate surface area is 147 Å². The average molecular weight is 340 g/mol. The number of hydrogen-bond acceptors (Lipinski definition) is 4. The minimum atomic E-state index is -0.0794. The van der Waals surface area contributed by atoms with Crippen molar-refractivity contribution in [3.8, 4) is 5.88 Å². The summed E-state index contributed by atoms with van der Waals surface area (Å²) in [5, 5.41) is 2.87. The third kappa shape index (κ3) is 3.01. The fourth-order valence-electron chi connectivity index (χ4n) is 3.77. The van der Waals surface area contributed by atoms with E-state index in [0.29, 0.717) is 18.8 Å². The van der Waals surface area contributed by atoms with Gasteiger partial charge < -0.3 is 14.6 Å². The molecule has 2 aromatic rings. The standard InChI is InChI=1S/C19H24N4O2/c1-12(14-10-16(24)21-11-14)25-19-17-15(8-9-20-19)22-18(23(17)2)13-6-4-3-5-7-13/h6,8-9,12,14H,3-5,7,10-11H2,1-2H3,(H,21,24)/t12-,14?/m1/s1. The average Bonchev–Trinajstić information content (AvgIpc) is 3.20. The second kappa shape index (κ2) is 6.50. The van der Waals surface area contributed by atoms with E-state index in [-0.39, 0.29) is 17.9 Å². The molecule has 1 amide bonds. The Balaban J connectivity index is 1.66. The Morgan fingerprint density at radius 3 is 3.00 bits per heavy atom. The highest BCUT2D eigenvalue weighted by molar-refractivity contribution is 5.84. The topological polar surface area (TPSA) is 69.0 Å². The van der Waals surface area contributed by atoms with Gasteiger partial charge in [0.15, 0.2) is 0 Å². The molecule has 2 aliphatic rings. The Bertz CT molecular complexity index is 839. The lowest BCUT2D eigenvalue weighted by Crippen LogP contribution is -2.26. The highest BCUT2D eigenvalue weighted by Crippen LogP contribution is 2.32. The van der Waals surface area contributed by atoms with Gasteiger partial charge in [0, 0.05) is 32.1 Å². The second-order valence-electron chi connectivity index (χ2n) is 7.04. The predicted octanol–water partition coefficient (Wildman–Crippen LogP) is 2.83. The van der Waals surface area contributed by atoms with E-state index in [0.717, 1.165) is 29.7 Å². The molecule has 1 unspecified atom stereocenters. The van der Waals surface area contributed by atoms with Gasteiger partial charge in [-0.3, -0.25) is 4.79 Å². The molecule has 1 fully saturated rings. The van der Waals surface area contributed by atoms with Gasteiger partial charge in [-0.1, -0.05) is 6.08 Å². The van der Waals surface area contributed by atoms with Crippen LogP contribution in [0.3, 0.4) is 0 Å². The number of carbonyl (C=O) groups excluding carboxylic acids is 1. The lowest BCUT2D eigenvalue weighted by molar-refractivity contribution is -0.119. The summed E-state index contributed by atoms with van der Waals surface area (Å²) in [4.78, 5) is 20.7. The molecule has 1 aliphatic heterocycles. The van der Waals surface area contributed by atoms with Gasteiger partial charge in [0.2, 0.25) is 11.8 Å². The number of fused-ring (bicyclic) bond motifs is 1. The molecule has 6 heteroatoms. The van der Waals surface area contributed by atoms with E-state index in [9.17, 15) is 4.79 Å². The van der Waals surface area contributed by atoms with Crippen LogP contribution in [0.25, 0.3) is 16.6 Å². The molecule has 132 valence electrons. The fraction of sp³-hybridized carbons (Fsp3) is 0.526. The molecule has 2 aromatic heterocycles. The summed E-state index contributed by atoms with van der Waals surface area (Å²) in [7, 11) is 2.03. The van der Waals surface area contributed by atoms with Gasteiger partial charge in [-0.25, -0.2) is 9.97 Å². The van der Waals surface area contributed by atoms with Gasteiger partial charge in [-0.05, 0) is 44.2 Å². The molecule has 1 saturated heterocycles. The molecule has 6 nitrogen and oxygen atoms in total. The van der Waals surface area contributed by atoms with Crippen molar-refractivity contribution in [2.24, 2.45) is 13.0 Å². The first-order valence-corrected chi connectivity index (χ1v) is 9.07. The van der Waals surface area contributed by atoms with Crippen LogP contribution < -0.4 is 10.1 Å². The molecule has 1 aliphatic carbocycles. The third-order valence-electron chi connectivity index (χ3n) is 5.30. The van der Waals surface area contributed by atoms with Gasteiger partial charge in [-0.2, -0.15) is 0 Å². The number of allylic oxidation sites excluding steroid dienone is 2. The summed E-state index contributed by atoms with van der Waals surface area (Å²) >= 11 is 0. The van der Waals surface area contributed by atoms with E-state index in [4.69, 9.17) is 9.72 Å². The van der Waals surface area contributed by atoms with Gasteiger partial charge in [0.25, 0.3) is 0 Å². The molecular formula is C19H24N4O2. The van der Waals surface area contributed by atoms with Crippen molar-refractivity contribution >= 4 is 22.5 Å². The number of ether oxygens (including phenoxy) is 1. The van der Waals surface area contributed by atoms with Crippen LogP contribution in [0.5, 0.6) is 5.88 Å². The van der Waals surface area contributed by atoms with Crippen molar-refractivity contribution in [2.45, 2.75) is 45.1 Å². The van der Waals surface area contributed by atoms with Crippen LogP contribution in [0.15, 0.2) is 18.3 Å². The number of nitrogens with zero attached hydrogens (tertiary/aromatic N) is 3. The summed E-state index contributed by atoms with van der Waals surface area (Å²) in [6, 6.07) is 1.93. The highest BCUT2D eigenvalue weighted by atomic mass is 16.5. The molecule has 0 spiro atoms. The van der Waals surface area contributed by atoms with E-state index in [2.05, 4.69) is 20.9 Å². The minimum Gasteiger partial charge on any atom is -0.473 e. The minimum absolute atomic E-state index is 0.0794. The SMILES string of the molecule is C[C@@H](Oc1nccc2nc(C3=CCCCC3)n(C)c12)C1CNC(=O)C1. The first-order chi connectivity index (χ1) is 12.1. The highest BCUT2D eigenvalue weighted by Gasteiger charge is 2.29. The molecule has 0 aromatic carbocycles. The molecule has 4 rings (SSSR count). The van der Waals surface area contributed by atoms with Crippen molar-refractivity contribution in [1.82, 2.24) is 19.9 Å². The number of rotatable bonds is 4. The Kier molecular flexibility index (Phi) is 4.19. The number of carbonyl (C=O) groups is 1. The van der Waals surface area contributed by atoms with Gasteiger partial charge in [-0.15, -0.1) is 0 Å². The summed E-state index contributed by atoms with van der Waals surface area (Å²) in [5.74, 6) is 1.89. The molecule has 3 heterocycles. The summed E-state index contributed by atoms with van der Waals surface area (Å²) < 4.78 is 8.25. The third-order valence-corrected chi connectivity index (χ3v) is 5.30. The first-order valence-electron chi connectivity index (χ1n) is 9.07. The van der Waals surface area contributed by atoms with Crippen LogP contribution in [0.2, 0.25) is 0 Å². The lowest BCUT2D eigenvalue weighted by Gasteiger charge is -2.19. The normalized spacial score (nSPS) is 21.9. The number of aromatic nitrogens is 3. The van der Waals surface area contributed by atoms with Crippen LogP contribution >= 0.6 is 0 Å². The maximum absolute atomic E-state index is 11.5. The monoisotopic (exact) mass is 340 g/mol. The molecule has 0 bridgehead atoms. The van der Waals surface area contributed by atoms with Crippen LogP contribution in [-0.4, -0.2) is 33.1 Å². The van der Waals surface area contributed by atoms with Crippen molar-refractivity contribution in [3.63, 3.8) is 0 Å². The molecular weight excluding hydrogens is 316 g/mol. The maximum atomic E-state index is 11.5. The summed E-state index contributed by atoms with van der Waals surface area (Å²) in [6.07, 6.45) is 9.16. The molecule has 0 radical (unpaired) electrons. The van der Waals surface area contributed by atoms with Crippen molar-refractivity contribution in [3.05, 3.63) is 24.2 Å². The number of imidazole rings is 1. The van der Waals surface area contributed by atoms with Crippen molar-refractivity contribution < 1.29 is 9.53 Å². The zero-order valence-electron chi connectivity index (χ0n) is 14.8. The fourth-order valence-corrected chi connectivity index (χ4v) is 3.77. The van der Waals surface area contributed by atoms with E-state index in [1.165, 1.54) is 18.4 Å². The van der Waals surface area contributed by atoms with Crippen LogP contribution in [0.1, 0.15) is 44.9 Å². The van der Waals surface area contributed by atoms with E-state index in [1.54, 1.807) is 6.20 Å². The van der Waals surface area contributed by atoms with Crippen LogP contribution in [0.4, 0.5) is 0 Å². The number of nitrogens with one attached hydrogen (secondary N) is 1. The van der Waals surface area contributed by atoms with E-state index in [1.807, 2.05) is 20.0 Å². The first kappa shape index (κ1) is 16.1. The number of pyridine rings is 1. The second-order valence-corrected chi connectivity index (χ2v) is 7.04. The van der Waals surface area contributed by atoms with E-state index < -0.39 is 0 Å². The molecule has 2 atom stereocenters. The predicted molar refractivity (Wildman–Crippen MR) is 96.2 cm³/mol. The lowest BCUT2D eigenvalue weighted by atomic mass is 9.99. The van der Waals surface area contributed by atoms with Crippen LogP contribution in [0, 0.1) is 5.92 Å². The number of hydrogen-bond donors (Lipinski definition) is 1. The molecule has 25 heavy (non-hydrogen) atoms. The molecule has 1 N–H and O–H groups in total. The van der Waals surface area contributed by atoms with Crippen molar-refractivity contribution in [1.29, 1.82) is 0 Å². The van der Waals surface area contributed by atoms with Gasteiger partial charge >= 0.3 is 0 Å². The van der Waals surface area contributed by atoms with Gasteiger partial charge in [0.05, 0.1) is 5.52 Å². The van der Waals surface area contributed by atoms with Crippen LogP contribution in [-0.2, 0) is 11.8 Å². The maximum Gasteiger partial charge on any atom is 0.240 e. The number of aryl methyl sites for hydroxylation is 1. The smallest absolute Gasteiger partial charge is 0.240 e. The largest absolute Gasteiger partial charge is 0.473 e. The zero-order valence-corrected chi connectivity index (χ0v) is 14.8. The van der Waals surface area contributed by atoms with E-state index >= 15 is 0 Å². The summed E-state index contributed by atoms with van der Waals surface area (Å²) in [6.45, 7) is 2.67.